The van der Waals surface area contributed by atoms with Crippen LogP contribution in [0.3, 0.4) is 0 Å². The van der Waals surface area contributed by atoms with E-state index in [0.29, 0.717) is 13.3 Å². The van der Waals surface area contributed by atoms with Gasteiger partial charge in [-0.25, -0.2) is 0 Å². The Hall–Kier alpha value is -3.14. The number of hydrogen-bond acceptors (Lipinski definition) is 1. The third kappa shape index (κ3) is 4.30. The van der Waals surface area contributed by atoms with Gasteiger partial charge in [0.25, 0.3) is 0 Å². The molecule has 8 rings (SSSR count). The Morgan fingerprint density at radius 1 is 0.721 bits per heavy atom. The molecule has 210 valence electrons. The first-order chi connectivity index (χ1) is 21.0. The van der Waals surface area contributed by atoms with Crippen molar-refractivity contribution in [3.8, 4) is 0 Å². The molecule has 5 aromatic carbocycles. The first kappa shape index (κ1) is 27.4. The van der Waals surface area contributed by atoms with Crippen molar-refractivity contribution in [3.05, 3.63) is 148 Å². The van der Waals surface area contributed by atoms with E-state index in [0.717, 1.165) is 13.0 Å². The molecule has 0 radical (unpaired) electrons. The summed E-state index contributed by atoms with van der Waals surface area (Å²) in [4.78, 5) is 2.64. The molecule has 0 N–H and O–H groups in total. The first-order valence-electron chi connectivity index (χ1n) is 15.7. The number of para-hydroxylation sites is 1. The number of anilines is 2. The van der Waals surface area contributed by atoms with Gasteiger partial charge in [0, 0.05) is 0 Å². The third-order valence-corrected chi connectivity index (χ3v) is 20.0. The standard InChI is InChI=1S/C20H22NSi.C20H15.Hf/c1-14-13-16-8-6-10-18(19(16)20(14)22(2)3)21-12-11-15-7-4-5-9-17(15)21;1-14-13-16-8-3-5-11-18(16)20(14)19-12-6-9-15-7-2-4-10-17(15)19;/h4-10,13-14H,11-12H2,1-3H3;2-13H,1H3;. The minimum atomic E-state index is -1.27. The number of hydrogen-bond donors (Lipinski definition) is 0. The van der Waals surface area contributed by atoms with Gasteiger partial charge >= 0.3 is 270 Å². The molecule has 5 aromatic rings. The summed E-state index contributed by atoms with van der Waals surface area (Å²) in [6, 6.07) is 41.5. The molecule has 0 bridgehead atoms. The first-order valence-corrected chi connectivity index (χ1v) is 22.4. The summed E-state index contributed by atoms with van der Waals surface area (Å²) in [7, 11) is -0.607. The summed E-state index contributed by atoms with van der Waals surface area (Å²) in [5.74, 6) is 0.641. The predicted molar refractivity (Wildman–Crippen MR) is 182 cm³/mol. The van der Waals surface area contributed by atoms with Gasteiger partial charge < -0.3 is 0 Å². The van der Waals surface area contributed by atoms with E-state index < -0.39 is 31.3 Å². The molecule has 2 aliphatic carbocycles. The van der Waals surface area contributed by atoms with E-state index >= 15 is 0 Å². The molecule has 3 heteroatoms. The molecule has 43 heavy (non-hydrogen) atoms. The van der Waals surface area contributed by atoms with E-state index in [2.05, 4.69) is 141 Å². The Morgan fingerprint density at radius 2 is 1.40 bits per heavy atom. The summed E-state index contributed by atoms with van der Waals surface area (Å²) in [5, 5.41) is 4.50. The van der Waals surface area contributed by atoms with Crippen molar-refractivity contribution in [3.63, 3.8) is 0 Å². The van der Waals surface area contributed by atoms with Crippen molar-refractivity contribution < 1.29 is 22.9 Å². The number of fused-ring (bicyclic) bond motifs is 4. The molecule has 3 aliphatic rings. The zero-order chi connectivity index (χ0) is 29.2. The van der Waals surface area contributed by atoms with Crippen LogP contribution >= 0.6 is 0 Å². The fraction of sp³-hybridized carbons (Fsp3) is 0.225. The van der Waals surface area contributed by atoms with Gasteiger partial charge in [0.2, 0.25) is 0 Å². The maximum atomic E-state index is 2.64. The monoisotopic (exact) mass is 739 g/mol. The van der Waals surface area contributed by atoms with Gasteiger partial charge in [-0.3, -0.25) is 0 Å². The normalized spacial score (nSPS) is 20.4. The van der Waals surface area contributed by atoms with Crippen molar-refractivity contribution >= 4 is 41.3 Å². The molecule has 0 saturated carbocycles. The Morgan fingerprint density at radius 3 is 2.28 bits per heavy atom. The Kier molecular flexibility index (Phi) is 6.87. The van der Waals surface area contributed by atoms with Gasteiger partial charge in [-0.2, -0.15) is 0 Å². The molecule has 1 aliphatic heterocycles. The van der Waals surface area contributed by atoms with Crippen molar-refractivity contribution in [2.24, 2.45) is 5.92 Å². The molecule has 3 atom stereocenters. The second kappa shape index (κ2) is 10.8. The molecule has 3 unspecified atom stereocenters. The van der Waals surface area contributed by atoms with Crippen LogP contribution in [0.1, 0.15) is 54.6 Å². The molecular weight excluding hydrogens is 701 g/mol. The minimum absolute atomic E-state index is 0.607. The van der Waals surface area contributed by atoms with Crippen LogP contribution in [-0.2, 0) is 29.3 Å². The van der Waals surface area contributed by atoms with Gasteiger partial charge in [-0.1, -0.05) is 0 Å². The van der Waals surface area contributed by atoms with Crippen LogP contribution in [0.5, 0.6) is 0 Å². The van der Waals surface area contributed by atoms with E-state index in [1.807, 2.05) is 0 Å². The Labute approximate surface area is 268 Å². The SMILES string of the molecule is CC1=C(c2cccc3ccccc23)c2ccccc2[CH]1[Hf][CH]1c2cccc(N3CCc4ccccc43)c2C(=[Si](C)C)C1C. The van der Waals surface area contributed by atoms with Crippen molar-refractivity contribution in [1.82, 2.24) is 0 Å². The zero-order valence-electron chi connectivity index (χ0n) is 25.5. The van der Waals surface area contributed by atoms with Crippen LogP contribution in [0.15, 0.2) is 115 Å². The van der Waals surface area contributed by atoms with E-state index in [9.17, 15) is 0 Å². The number of rotatable bonds is 4. The average molecular weight is 738 g/mol. The Bertz CT molecular complexity index is 1980. The van der Waals surface area contributed by atoms with E-state index in [1.54, 1.807) is 27.4 Å². The van der Waals surface area contributed by atoms with Crippen LogP contribution in [0, 0.1) is 5.92 Å². The van der Waals surface area contributed by atoms with E-state index in [4.69, 9.17) is 0 Å². The van der Waals surface area contributed by atoms with Gasteiger partial charge in [0.05, 0.1) is 0 Å². The van der Waals surface area contributed by atoms with Crippen LogP contribution in [0.2, 0.25) is 13.1 Å². The van der Waals surface area contributed by atoms with Crippen LogP contribution in [0.4, 0.5) is 11.4 Å². The van der Waals surface area contributed by atoms with Crippen molar-refractivity contribution in [2.75, 3.05) is 11.4 Å². The van der Waals surface area contributed by atoms with E-state index in [-0.39, 0.29) is 0 Å². The van der Waals surface area contributed by atoms with Gasteiger partial charge in [-0.05, 0) is 0 Å². The van der Waals surface area contributed by atoms with Crippen molar-refractivity contribution in [1.29, 1.82) is 0 Å². The maximum absolute atomic E-state index is 2.64. The predicted octanol–water partition coefficient (Wildman–Crippen LogP) is 9.74. The molecule has 0 spiro atoms. The summed E-state index contributed by atoms with van der Waals surface area (Å²) >= 11 is -1.27. The van der Waals surface area contributed by atoms with Crippen LogP contribution < -0.4 is 4.90 Å². The molecule has 0 amide bonds. The summed E-state index contributed by atoms with van der Waals surface area (Å²) in [5.41, 5.74) is 15.3. The van der Waals surface area contributed by atoms with Gasteiger partial charge in [0.1, 0.15) is 0 Å². The fourth-order valence-corrected chi connectivity index (χ4v) is 18.1. The molecule has 1 nitrogen and oxygen atoms in total. The quantitative estimate of drug-likeness (QED) is 0.166. The zero-order valence-corrected chi connectivity index (χ0v) is 30.1. The number of allylic oxidation sites excluding steroid dienone is 1. The molecular formula is C40H37HfNSi. The van der Waals surface area contributed by atoms with E-state index in [1.165, 1.54) is 44.4 Å². The fourth-order valence-electron chi connectivity index (χ4n) is 8.29. The summed E-state index contributed by atoms with van der Waals surface area (Å²) in [6.07, 6.45) is 1.14. The van der Waals surface area contributed by atoms with Crippen LogP contribution in [-0.4, -0.2) is 20.1 Å². The van der Waals surface area contributed by atoms with Gasteiger partial charge in [0.15, 0.2) is 0 Å². The number of benzene rings is 5. The van der Waals surface area contributed by atoms with Crippen molar-refractivity contribution in [2.45, 2.75) is 40.7 Å². The third-order valence-electron chi connectivity index (χ3n) is 10.1. The molecule has 0 saturated heterocycles. The molecule has 1 heterocycles. The molecule has 0 fully saturated rings. The molecule has 0 aromatic heterocycles. The second-order valence-electron chi connectivity index (χ2n) is 12.7. The van der Waals surface area contributed by atoms with Gasteiger partial charge in [-0.15, -0.1) is 0 Å². The number of nitrogens with zero attached hydrogens (tertiary/aromatic N) is 1. The topological polar surface area (TPSA) is 3.24 Å². The average Bonchev–Trinajstić information content (AvgIpc) is 3.67. The van der Waals surface area contributed by atoms with Crippen LogP contribution in [0.25, 0.3) is 16.3 Å². The second-order valence-corrected chi connectivity index (χ2v) is 20.8. The summed E-state index contributed by atoms with van der Waals surface area (Å²) < 4.78 is 1.33. The Balaban J connectivity index is 1.25. The summed E-state index contributed by atoms with van der Waals surface area (Å²) in [6.45, 7) is 11.2.